The summed E-state index contributed by atoms with van der Waals surface area (Å²) in [5.74, 6) is 1.15. The topological polar surface area (TPSA) is 55.6 Å². The van der Waals surface area contributed by atoms with Gasteiger partial charge in [0.15, 0.2) is 5.60 Å². The Morgan fingerprint density at radius 1 is 1.37 bits per heavy atom. The van der Waals surface area contributed by atoms with Crippen LogP contribution in [-0.2, 0) is 11.3 Å². The summed E-state index contributed by atoms with van der Waals surface area (Å²) in [7, 11) is 0. The summed E-state index contributed by atoms with van der Waals surface area (Å²) in [4.78, 5) is 14.3. The number of anilines is 1. The summed E-state index contributed by atoms with van der Waals surface area (Å²) >= 11 is 0. The zero-order chi connectivity index (χ0) is 14.2. The van der Waals surface area contributed by atoms with E-state index in [0.717, 1.165) is 17.0 Å². The number of carbonyl (C=O) groups is 1. The number of nitrogens with zero attached hydrogens (tertiary/aromatic N) is 1. The number of ether oxygens (including phenoxy) is 1. The summed E-state index contributed by atoms with van der Waals surface area (Å²) in [6.45, 7) is 8.96. The van der Waals surface area contributed by atoms with Crippen molar-refractivity contribution in [3.05, 3.63) is 23.8 Å². The van der Waals surface area contributed by atoms with Crippen LogP contribution in [0, 0.1) is 5.92 Å². The zero-order valence-corrected chi connectivity index (χ0v) is 12.1. The van der Waals surface area contributed by atoms with Gasteiger partial charge in [0, 0.05) is 13.1 Å². The molecule has 4 heteroatoms. The van der Waals surface area contributed by atoms with Gasteiger partial charge in [-0.1, -0.05) is 19.9 Å². The molecule has 0 aromatic heterocycles. The molecule has 0 saturated heterocycles. The molecule has 0 saturated carbocycles. The van der Waals surface area contributed by atoms with E-state index in [4.69, 9.17) is 10.5 Å². The highest BCUT2D eigenvalue weighted by molar-refractivity contribution is 6.02. The van der Waals surface area contributed by atoms with Gasteiger partial charge in [0.2, 0.25) is 0 Å². The zero-order valence-electron chi connectivity index (χ0n) is 12.1. The fourth-order valence-electron chi connectivity index (χ4n) is 2.29. The Kier molecular flexibility index (Phi) is 3.54. The normalized spacial score (nSPS) is 17.4. The third-order valence-electron chi connectivity index (χ3n) is 3.22. The number of amides is 1. The van der Waals surface area contributed by atoms with Crippen molar-refractivity contribution in [1.82, 2.24) is 0 Å². The summed E-state index contributed by atoms with van der Waals surface area (Å²) in [5, 5.41) is 0. The number of nitrogens with two attached hydrogens (primary N) is 1. The van der Waals surface area contributed by atoms with Crippen molar-refractivity contribution in [3.8, 4) is 5.75 Å². The van der Waals surface area contributed by atoms with E-state index in [1.807, 2.05) is 36.9 Å². The van der Waals surface area contributed by atoms with Gasteiger partial charge >= 0.3 is 0 Å². The van der Waals surface area contributed by atoms with Crippen LogP contribution in [0.25, 0.3) is 0 Å². The standard InChI is InChI=1S/C15H22N2O2/c1-10(2)9-17-12-7-11(8-16)5-6-13(12)19-15(3,4)14(17)18/h5-7,10H,8-9,16H2,1-4H3. The van der Waals surface area contributed by atoms with Crippen molar-refractivity contribution in [3.63, 3.8) is 0 Å². The molecule has 0 spiro atoms. The van der Waals surface area contributed by atoms with Crippen LogP contribution < -0.4 is 15.4 Å². The Hall–Kier alpha value is -1.55. The van der Waals surface area contributed by atoms with E-state index in [1.54, 1.807) is 0 Å². The maximum Gasteiger partial charge on any atom is 0.270 e. The molecule has 0 bridgehead atoms. The predicted octanol–water partition coefficient (Wildman–Crippen LogP) is 2.31. The van der Waals surface area contributed by atoms with Gasteiger partial charge in [-0.05, 0) is 37.5 Å². The lowest BCUT2D eigenvalue weighted by Crippen LogP contribution is -2.53. The number of hydrogen-bond donors (Lipinski definition) is 1. The molecule has 0 fully saturated rings. The maximum absolute atomic E-state index is 12.5. The minimum Gasteiger partial charge on any atom is -0.476 e. The first-order valence-corrected chi connectivity index (χ1v) is 6.69. The number of hydrogen-bond acceptors (Lipinski definition) is 3. The second-order valence-electron chi connectivity index (χ2n) is 5.93. The van der Waals surface area contributed by atoms with E-state index in [9.17, 15) is 4.79 Å². The molecule has 0 atom stereocenters. The van der Waals surface area contributed by atoms with Crippen LogP contribution in [-0.4, -0.2) is 18.1 Å². The van der Waals surface area contributed by atoms with E-state index in [2.05, 4.69) is 13.8 Å². The van der Waals surface area contributed by atoms with Crippen molar-refractivity contribution < 1.29 is 9.53 Å². The summed E-state index contributed by atoms with van der Waals surface area (Å²) in [5.41, 5.74) is 6.70. The van der Waals surface area contributed by atoms with Gasteiger partial charge in [-0.3, -0.25) is 4.79 Å². The van der Waals surface area contributed by atoms with E-state index in [0.29, 0.717) is 19.0 Å². The smallest absolute Gasteiger partial charge is 0.270 e. The second kappa shape index (κ2) is 4.85. The Balaban J connectivity index is 2.49. The second-order valence-corrected chi connectivity index (χ2v) is 5.93. The van der Waals surface area contributed by atoms with Gasteiger partial charge in [-0.2, -0.15) is 0 Å². The van der Waals surface area contributed by atoms with E-state index in [-0.39, 0.29) is 5.91 Å². The highest BCUT2D eigenvalue weighted by Gasteiger charge is 2.40. The van der Waals surface area contributed by atoms with Crippen molar-refractivity contribution in [2.45, 2.75) is 39.8 Å². The molecule has 0 radical (unpaired) electrons. The fraction of sp³-hybridized carbons (Fsp3) is 0.533. The van der Waals surface area contributed by atoms with Crippen molar-refractivity contribution in [2.24, 2.45) is 11.7 Å². The average Bonchev–Trinajstić information content (AvgIpc) is 2.34. The van der Waals surface area contributed by atoms with Crippen LogP contribution in [0.15, 0.2) is 18.2 Å². The Morgan fingerprint density at radius 3 is 2.63 bits per heavy atom. The quantitative estimate of drug-likeness (QED) is 0.909. The summed E-state index contributed by atoms with van der Waals surface area (Å²) in [6.07, 6.45) is 0. The lowest BCUT2D eigenvalue weighted by atomic mass is 10.0. The molecule has 1 aliphatic rings. The SMILES string of the molecule is CC(C)CN1C(=O)C(C)(C)Oc2ccc(CN)cc21. The first-order valence-electron chi connectivity index (χ1n) is 6.69. The molecule has 1 amide bonds. The van der Waals surface area contributed by atoms with Crippen LogP contribution >= 0.6 is 0 Å². The van der Waals surface area contributed by atoms with Gasteiger partial charge in [0.25, 0.3) is 5.91 Å². The van der Waals surface area contributed by atoms with Crippen molar-refractivity contribution >= 4 is 11.6 Å². The molecule has 1 aromatic rings. The fourth-order valence-corrected chi connectivity index (χ4v) is 2.29. The molecule has 0 unspecified atom stereocenters. The molecular weight excluding hydrogens is 240 g/mol. The molecule has 1 aromatic carbocycles. The maximum atomic E-state index is 12.5. The molecule has 2 rings (SSSR count). The Morgan fingerprint density at radius 2 is 2.05 bits per heavy atom. The molecule has 19 heavy (non-hydrogen) atoms. The van der Waals surface area contributed by atoms with Crippen molar-refractivity contribution in [2.75, 3.05) is 11.4 Å². The lowest BCUT2D eigenvalue weighted by Gasteiger charge is -2.39. The molecule has 2 N–H and O–H groups in total. The van der Waals surface area contributed by atoms with Gasteiger partial charge in [-0.15, -0.1) is 0 Å². The van der Waals surface area contributed by atoms with Crippen molar-refractivity contribution in [1.29, 1.82) is 0 Å². The Labute approximate surface area is 114 Å². The number of fused-ring (bicyclic) bond motifs is 1. The highest BCUT2D eigenvalue weighted by atomic mass is 16.5. The third kappa shape index (κ3) is 2.59. The third-order valence-corrected chi connectivity index (χ3v) is 3.22. The van der Waals surface area contributed by atoms with Gasteiger partial charge in [0.05, 0.1) is 5.69 Å². The number of carbonyl (C=O) groups excluding carboxylic acids is 1. The molecule has 4 nitrogen and oxygen atoms in total. The van der Waals surface area contributed by atoms with E-state index < -0.39 is 5.60 Å². The molecule has 1 heterocycles. The first kappa shape index (κ1) is 13.9. The first-order chi connectivity index (χ1) is 8.85. The highest BCUT2D eigenvalue weighted by Crippen LogP contribution is 2.38. The van der Waals surface area contributed by atoms with E-state index in [1.165, 1.54) is 0 Å². The van der Waals surface area contributed by atoms with Crippen LogP contribution in [0.2, 0.25) is 0 Å². The predicted molar refractivity (Wildman–Crippen MR) is 76.2 cm³/mol. The van der Waals surface area contributed by atoms with Crippen LogP contribution in [0.3, 0.4) is 0 Å². The molecule has 104 valence electrons. The van der Waals surface area contributed by atoms with Gasteiger partial charge in [0.1, 0.15) is 5.75 Å². The van der Waals surface area contributed by atoms with Gasteiger partial charge < -0.3 is 15.4 Å². The average molecular weight is 262 g/mol. The van der Waals surface area contributed by atoms with E-state index >= 15 is 0 Å². The van der Waals surface area contributed by atoms with Crippen LogP contribution in [0.5, 0.6) is 5.75 Å². The monoisotopic (exact) mass is 262 g/mol. The lowest BCUT2D eigenvalue weighted by molar-refractivity contribution is -0.132. The number of benzene rings is 1. The summed E-state index contributed by atoms with van der Waals surface area (Å²) in [6, 6.07) is 5.79. The molecule has 1 aliphatic heterocycles. The largest absolute Gasteiger partial charge is 0.476 e. The van der Waals surface area contributed by atoms with Crippen LogP contribution in [0.4, 0.5) is 5.69 Å². The summed E-state index contributed by atoms with van der Waals surface area (Å²) < 4.78 is 5.81. The minimum atomic E-state index is -0.813. The van der Waals surface area contributed by atoms with Crippen LogP contribution in [0.1, 0.15) is 33.3 Å². The van der Waals surface area contributed by atoms with Gasteiger partial charge in [-0.25, -0.2) is 0 Å². The molecule has 0 aliphatic carbocycles. The minimum absolute atomic E-state index is 0.00266. The Bertz CT molecular complexity index is 495. The number of rotatable bonds is 3. The molecular formula is C15H22N2O2.